The second-order valence-electron chi connectivity index (χ2n) is 2.35. The molecule has 0 saturated heterocycles. The molecule has 0 aliphatic rings. The summed E-state index contributed by atoms with van der Waals surface area (Å²) >= 11 is 5.76. The smallest absolute Gasteiger partial charge is 0.257 e. The number of benzene rings is 1. The molecule has 13 heavy (non-hydrogen) atoms. The van der Waals surface area contributed by atoms with Crippen LogP contribution in [0.15, 0.2) is 30.5 Å². The maximum absolute atomic E-state index is 10.1. The van der Waals surface area contributed by atoms with Crippen LogP contribution >= 0.6 is 11.6 Å². The molecular weight excluding hydrogens is 192 g/mol. The Labute approximate surface area is 79.8 Å². The van der Waals surface area contributed by atoms with Gasteiger partial charge in [0.1, 0.15) is 5.70 Å². The van der Waals surface area contributed by atoms with E-state index in [2.05, 4.69) is 0 Å². The highest BCUT2D eigenvalue weighted by atomic mass is 35.5. The Kier molecular flexibility index (Phi) is 2.87. The summed E-state index contributed by atoms with van der Waals surface area (Å²) in [6.45, 7) is 0. The van der Waals surface area contributed by atoms with E-state index in [0.717, 1.165) is 6.20 Å². The molecular formula is C8H7ClN2O2. The summed E-state index contributed by atoms with van der Waals surface area (Å²) in [5.74, 6) is 0. The van der Waals surface area contributed by atoms with Crippen LogP contribution < -0.4 is 5.73 Å². The largest absolute Gasteiger partial charge is 0.393 e. The molecule has 0 aliphatic heterocycles. The average molecular weight is 199 g/mol. The molecule has 1 aromatic carbocycles. The lowest BCUT2D eigenvalue weighted by molar-refractivity contribution is -0.401. The fourth-order valence-corrected chi connectivity index (χ4v) is 1.12. The summed E-state index contributed by atoms with van der Waals surface area (Å²) in [7, 11) is 0. The highest BCUT2D eigenvalue weighted by Crippen LogP contribution is 2.19. The van der Waals surface area contributed by atoms with E-state index in [-0.39, 0.29) is 5.70 Å². The first-order valence-corrected chi connectivity index (χ1v) is 3.84. The zero-order valence-corrected chi connectivity index (χ0v) is 7.36. The fraction of sp³-hybridized carbons (Fsp3) is 0. The molecule has 0 unspecified atom stereocenters. The number of hydrogen-bond acceptors (Lipinski definition) is 3. The van der Waals surface area contributed by atoms with E-state index in [1.165, 1.54) is 0 Å². The van der Waals surface area contributed by atoms with Gasteiger partial charge in [-0.2, -0.15) is 0 Å². The Bertz CT molecular complexity index is 363. The van der Waals surface area contributed by atoms with Crippen LogP contribution in [0.25, 0.3) is 5.70 Å². The van der Waals surface area contributed by atoms with Gasteiger partial charge in [0.05, 0.1) is 9.95 Å². The lowest BCUT2D eigenvalue weighted by atomic mass is 10.2. The average Bonchev–Trinajstić information content (AvgIpc) is 2.03. The maximum atomic E-state index is 10.1. The minimum absolute atomic E-state index is 0.0515. The fourth-order valence-electron chi connectivity index (χ4n) is 0.878. The Hall–Kier alpha value is -1.55. The molecule has 0 bridgehead atoms. The normalized spacial score (nSPS) is 11.3. The van der Waals surface area contributed by atoms with Crippen LogP contribution in [-0.4, -0.2) is 4.92 Å². The van der Waals surface area contributed by atoms with Gasteiger partial charge in [0.2, 0.25) is 0 Å². The van der Waals surface area contributed by atoms with Crippen molar-refractivity contribution in [3.63, 3.8) is 0 Å². The number of halogens is 1. The molecule has 4 nitrogen and oxygen atoms in total. The van der Waals surface area contributed by atoms with Gasteiger partial charge in [0, 0.05) is 5.56 Å². The molecule has 0 spiro atoms. The second-order valence-corrected chi connectivity index (χ2v) is 2.76. The second kappa shape index (κ2) is 3.91. The molecule has 0 fully saturated rings. The van der Waals surface area contributed by atoms with Gasteiger partial charge in [-0.25, -0.2) is 0 Å². The molecule has 5 heteroatoms. The van der Waals surface area contributed by atoms with E-state index in [0.29, 0.717) is 10.6 Å². The van der Waals surface area contributed by atoms with Crippen molar-refractivity contribution in [3.05, 3.63) is 51.2 Å². The number of rotatable bonds is 2. The minimum atomic E-state index is -0.612. The van der Waals surface area contributed by atoms with Crippen LogP contribution in [0.1, 0.15) is 5.56 Å². The predicted molar refractivity (Wildman–Crippen MR) is 50.6 cm³/mol. The predicted octanol–water partition coefficient (Wildman–Crippen LogP) is 1.87. The first-order valence-electron chi connectivity index (χ1n) is 3.47. The van der Waals surface area contributed by atoms with Gasteiger partial charge in [-0.1, -0.05) is 29.8 Å². The van der Waals surface area contributed by atoms with E-state index in [4.69, 9.17) is 17.3 Å². The van der Waals surface area contributed by atoms with Crippen LogP contribution in [0.3, 0.4) is 0 Å². The van der Waals surface area contributed by atoms with Crippen LogP contribution in [0.5, 0.6) is 0 Å². The number of nitrogens with zero attached hydrogens (tertiary/aromatic N) is 1. The summed E-state index contributed by atoms with van der Waals surface area (Å²) in [6, 6.07) is 6.68. The van der Waals surface area contributed by atoms with Crippen molar-refractivity contribution >= 4 is 17.3 Å². The minimum Gasteiger partial charge on any atom is -0.393 e. The van der Waals surface area contributed by atoms with E-state index in [1.807, 2.05) is 0 Å². The molecule has 2 N–H and O–H groups in total. The quantitative estimate of drug-likeness (QED) is 0.583. The molecule has 68 valence electrons. The zero-order chi connectivity index (χ0) is 9.84. The van der Waals surface area contributed by atoms with Gasteiger partial charge < -0.3 is 5.73 Å². The molecule has 0 heterocycles. The van der Waals surface area contributed by atoms with Crippen molar-refractivity contribution in [1.29, 1.82) is 0 Å². The van der Waals surface area contributed by atoms with Crippen molar-refractivity contribution < 1.29 is 4.92 Å². The number of nitro groups is 1. The molecule has 1 rings (SSSR count). The van der Waals surface area contributed by atoms with Crippen LogP contribution in [-0.2, 0) is 0 Å². The standard InChI is InChI=1S/C8H7ClN2O2/c9-7-4-2-1-3-6(7)8(10)5-11(12)13/h1-5H,10H2/b8-5-. The summed E-state index contributed by atoms with van der Waals surface area (Å²) < 4.78 is 0. The summed E-state index contributed by atoms with van der Waals surface area (Å²) in [5.41, 5.74) is 5.96. The van der Waals surface area contributed by atoms with Gasteiger partial charge in [0.25, 0.3) is 6.20 Å². The highest BCUT2D eigenvalue weighted by molar-refractivity contribution is 6.32. The Morgan fingerprint density at radius 3 is 2.69 bits per heavy atom. The van der Waals surface area contributed by atoms with Gasteiger partial charge in [-0.3, -0.25) is 10.1 Å². The molecule has 0 amide bonds. The van der Waals surface area contributed by atoms with Gasteiger partial charge in [-0.05, 0) is 6.07 Å². The molecule has 0 aromatic heterocycles. The van der Waals surface area contributed by atoms with Crippen molar-refractivity contribution in [2.45, 2.75) is 0 Å². The lowest BCUT2D eigenvalue weighted by Gasteiger charge is -2.00. The molecule has 0 radical (unpaired) electrons. The van der Waals surface area contributed by atoms with Crippen LogP contribution in [0, 0.1) is 10.1 Å². The third-order valence-corrected chi connectivity index (χ3v) is 1.76. The first-order chi connectivity index (χ1) is 6.11. The van der Waals surface area contributed by atoms with Crippen LogP contribution in [0.4, 0.5) is 0 Å². The first kappa shape index (κ1) is 9.54. The molecule has 0 saturated carbocycles. The van der Waals surface area contributed by atoms with E-state index in [9.17, 15) is 10.1 Å². The van der Waals surface area contributed by atoms with Crippen molar-refractivity contribution in [1.82, 2.24) is 0 Å². The third kappa shape index (κ3) is 2.45. The van der Waals surface area contributed by atoms with Crippen molar-refractivity contribution in [2.24, 2.45) is 5.73 Å². The monoisotopic (exact) mass is 198 g/mol. The Balaban J connectivity index is 3.08. The van der Waals surface area contributed by atoms with E-state index in [1.54, 1.807) is 24.3 Å². The Morgan fingerprint density at radius 2 is 2.15 bits per heavy atom. The number of hydrogen-bond donors (Lipinski definition) is 1. The highest BCUT2D eigenvalue weighted by Gasteiger charge is 2.04. The zero-order valence-electron chi connectivity index (χ0n) is 6.61. The van der Waals surface area contributed by atoms with Gasteiger partial charge in [0.15, 0.2) is 0 Å². The van der Waals surface area contributed by atoms with E-state index >= 15 is 0 Å². The lowest BCUT2D eigenvalue weighted by Crippen LogP contribution is -2.00. The van der Waals surface area contributed by atoms with Gasteiger partial charge >= 0.3 is 0 Å². The third-order valence-electron chi connectivity index (χ3n) is 1.43. The summed E-state index contributed by atoms with van der Waals surface area (Å²) in [4.78, 5) is 9.49. The SMILES string of the molecule is N/C(=C\[N+](=O)[O-])c1ccccc1Cl. The van der Waals surface area contributed by atoms with E-state index < -0.39 is 4.92 Å². The van der Waals surface area contributed by atoms with Crippen LogP contribution in [0.2, 0.25) is 5.02 Å². The topological polar surface area (TPSA) is 69.2 Å². The molecule has 1 aromatic rings. The Morgan fingerprint density at radius 1 is 1.54 bits per heavy atom. The maximum Gasteiger partial charge on any atom is 0.257 e. The molecule has 0 aliphatic carbocycles. The van der Waals surface area contributed by atoms with Crippen molar-refractivity contribution in [2.75, 3.05) is 0 Å². The number of nitrogens with two attached hydrogens (primary N) is 1. The van der Waals surface area contributed by atoms with Crippen molar-refractivity contribution in [3.8, 4) is 0 Å². The van der Waals surface area contributed by atoms with Gasteiger partial charge in [-0.15, -0.1) is 0 Å². The molecule has 0 atom stereocenters. The summed E-state index contributed by atoms with van der Waals surface area (Å²) in [5, 5.41) is 10.5. The summed E-state index contributed by atoms with van der Waals surface area (Å²) in [6.07, 6.45) is 0.723.